The van der Waals surface area contributed by atoms with Crippen molar-refractivity contribution in [2.24, 2.45) is 0 Å². The van der Waals surface area contributed by atoms with E-state index in [1.807, 2.05) is 10.9 Å². The highest BCUT2D eigenvalue weighted by atomic mass is 16.5. The van der Waals surface area contributed by atoms with E-state index in [9.17, 15) is 0 Å². The maximum Gasteiger partial charge on any atom is 0.0762 e. The summed E-state index contributed by atoms with van der Waals surface area (Å²) in [6.07, 6.45) is 4.20. The molecule has 0 aliphatic rings. The van der Waals surface area contributed by atoms with Crippen LogP contribution in [0.5, 0.6) is 0 Å². The topological polar surface area (TPSA) is 39.1 Å². The quantitative estimate of drug-likeness (QED) is 0.661. The first-order valence-corrected chi connectivity index (χ1v) is 5.58. The first-order valence-electron chi connectivity index (χ1n) is 5.58. The number of aromatic nitrogens is 2. The van der Waals surface area contributed by atoms with Crippen LogP contribution in [0.25, 0.3) is 0 Å². The van der Waals surface area contributed by atoms with Crippen LogP contribution in [0.2, 0.25) is 0 Å². The first-order chi connectivity index (χ1) is 7.36. The third-order valence-electron chi connectivity index (χ3n) is 2.16. The van der Waals surface area contributed by atoms with Gasteiger partial charge >= 0.3 is 0 Å². The van der Waals surface area contributed by atoms with Crippen molar-refractivity contribution in [3.05, 3.63) is 18.0 Å². The summed E-state index contributed by atoms with van der Waals surface area (Å²) < 4.78 is 6.97. The molecule has 0 atom stereocenters. The summed E-state index contributed by atoms with van der Waals surface area (Å²) in [5, 5.41) is 7.78. The van der Waals surface area contributed by atoms with Crippen LogP contribution in [0.4, 0.5) is 0 Å². The Hall–Kier alpha value is -0.870. The largest absolute Gasteiger partial charge is 0.385 e. The SMILES string of the molecule is CCCNCc1ccn(CCCOC)n1. The first kappa shape index (κ1) is 12.2. The van der Waals surface area contributed by atoms with Gasteiger partial charge in [0.2, 0.25) is 0 Å². The molecule has 0 radical (unpaired) electrons. The van der Waals surface area contributed by atoms with Crippen LogP contribution in [0.15, 0.2) is 12.3 Å². The van der Waals surface area contributed by atoms with Crippen molar-refractivity contribution in [2.75, 3.05) is 20.3 Å². The second-order valence-electron chi connectivity index (χ2n) is 3.59. The molecule has 0 aliphatic heterocycles. The van der Waals surface area contributed by atoms with E-state index < -0.39 is 0 Å². The lowest BCUT2D eigenvalue weighted by atomic mass is 10.4. The van der Waals surface area contributed by atoms with Gasteiger partial charge in [0, 0.05) is 33.0 Å². The molecule has 4 nitrogen and oxygen atoms in total. The Morgan fingerprint density at radius 2 is 2.40 bits per heavy atom. The van der Waals surface area contributed by atoms with Crippen molar-refractivity contribution in [1.29, 1.82) is 0 Å². The van der Waals surface area contributed by atoms with Gasteiger partial charge in [-0.2, -0.15) is 5.10 Å². The summed E-state index contributed by atoms with van der Waals surface area (Å²) in [6, 6.07) is 2.06. The predicted octanol–water partition coefficient (Wildman–Crippen LogP) is 1.42. The van der Waals surface area contributed by atoms with Crippen molar-refractivity contribution < 1.29 is 4.74 Å². The maximum atomic E-state index is 5.00. The lowest BCUT2D eigenvalue weighted by molar-refractivity contribution is 0.189. The molecule has 1 heterocycles. The minimum atomic E-state index is 0.795. The Bertz CT molecular complexity index is 236. The number of methoxy groups -OCH3 is 1. The third-order valence-corrected chi connectivity index (χ3v) is 2.16. The molecule has 0 bridgehead atoms. The number of ether oxygens (including phenoxy) is 1. The molecule has 0 spiro atoms. The van der Waals surface area contributed by atoms with Crippen molar-refractivity contribution in [2.45, 2.75) is 32.9 Å². The maximum absolute atomic E-state index is 5.00. The van der Waals surface area contributed by atoms with Gasteiger partial charge in [-0.1, -0.05) is 6.92 Å². The number of hydrogen-bond donors (Lipinski definition) is 1. The highest BCUT2D eigenvalue weighted by Gasteiger charge is 1.97. The van der Waals surface area contributed by atoms with Gasteiger partial charge in [-0.05, 0) is 25.5 Å². The van der Waals surface area contributed by atoms with E-state index in [1.165, 1.54) is 0 Å². The number of rotatable bonds is 8. The van der Waals surface area contributed by atoms with Gasteiger partial charge < -0.3 is 10.1 Å². The zero-order valence-corrected chi connectivity index (χ0v) is 9.70. The van der Waals surface area contributed by atoms with Crippen LogP contribution in [-0.4, -0.2) is 30.0 Å². The molecule has 0 unspecified atom stereocenters. The Morgan fingerprint density at radius 1 is 1.53 bits per heavy atom. The standard InChI is InChI=1S/C11H21N3O/c1-3-6-12-10-11-5-8-14(13-11)7-4-9-15-2/h5,8,12H,3-4,6-7,9-10H2,1-2H3. The molecular weight excluding hydrogens is 190 g/mol. The normalized spacial score (nSPS) is 10.8. The van der Waals surface area contributed by atoms with E-state index in [2.05, 4.69) is 23.4 Å². The minimum absolute atomic E-state index is 0.795. The number of nitrogens with one attached hydrogen (secondary N) is 1. The molecule has 1 rings (SSSR count). The van der Waals surface area contributed by atoms with Gasteiger partial charge in [-0.3, -0.25) is 4.68 Å². The summed E-state index contributed by atoms with van der Waals surface area (Å²) in [5.74, 6) is 0. The van der Waals surface area contributed by atoms with Gasteiger partial charge in [0.1, 0.15) is 0 Å². The molecule has 0 aromatic carbocycles. The fourth-order valence-corrected chi connectivity index (χ4v) is 1.39. The molecule has 0 amide bonds. The second kappa shape index (κ2) is 7.43. The number of nitrogens with zero attached hydrogens (tertiary/aromatic N) is 2. The highest BCUT2D eigenvalue weighted by Crippen LogP contribution is 1.97. The average Bonchev–Trinajstić information content (AvgIpc) is 2.67. The zero-order chi connectivity index (χ0) is 10.9. The molecule has 0 fully saturated rings. The van der Waals surface area contributed by atoms with Gasteiger partial charge in [0.25, 0.3) is 0 Å². The lowest BCUT2D eigenvalue weighted by Gasteiger charge is -2.01. The molecule has 86 valence electrons. The highest BCUT2D eigenvalue weighted by molar-refractivity contribution is 4.98. The second-order valence-corrected chi connectivity index (χ2v) is 3.59. The molecule has 15 heavy (non-hydrogen) atoms. The molecular formula is C11H21N3O. The molecule has 1 aromatic rings. The van der Waals surface area contributed by atoms with Crippen LogP contribution in [-0.2, 0) is 17.8 Å². The molecule has 1 aromatic heterocycles. The van der Waals surface area contributed by atoms with Gasteiger partial charge in [-0.25, -0.2) is 0 Å². The molecule has 0 saturated carbocycles. The summed E-state index contributed by atoms with van der Waals surface area (Å²) >= 11 is 0. The summed E-state index contributed by atoms with van der Waals surface area (Å²) in [6.45, 7) is 5.81. The van der Waals surface area contributed by atoms with E-state index in [0.29, 0.717) is 0 Å². The average molecular weight is 211 g/mol. The van der Waals surface area contributed by atoms with Crippen LogP contribution in [0.3, 0.4) is 0 Å². The fraction of sp³-hybridized carbons (Fsp3) is 0.727. The summed E-state index contributed by atoms with van der Waals surface area (Å²) in [5.41, 5.74) is 1.11. The van der Waals surface area contributed by atoms with Crippen molar-refractivity contribution in [1.82, 2.24) is 15.1 Å². The van der Waals surface area contributed by atoms with Crippen molar-refractivity contribution in [3.63, 3.8) is 0 Å². The Morgan fingerprint density at radius 3 is 3.13 bits per heavy atom. The summed E-state index contributed by atoms with van der Waals surface area (Å²) in [7, 11) is 1.73. The number of hydrogen-bond acceptors (Lipinski definition) is 3. The van der Waals surface area contributed by atoms with Crippen LogP contribution in [0.1, 0.15) is 25.5 Å². The molecule has 0 aliphatic carbocycles. The predicted molar refractivity (Wildman–Crippen MR) is 60.7 cm³/mol. The molecule has 0 saturated heterocycles. The van der Waals surface area contributed by atoms with Crippen LogP contribution in [0, 0.1) is 0 Å². The van der Waals surface area contributed by atoms with Gasteiger partial charge in [0.05, 0.1) is 5.69 Å². The Labute approximate surface area is 91.6 Å². The van der Waals surface area contributed by atoms with Gasteiger partial charge in [0.15, 0.2) is 0 Å². The zero-order valence-electron chi connectivity index (χ0n) is 9.70. The smallest absolute Gasteiger partial charge is 0.0762 e. The fourth-order valence-electron chi connectivity index (χ4n) is 1.39. The molecule has 1 N–H and O–H groups in total. The Balaban J connectivity index is 2.23. The van der Waals surface area contributed by atoms with Crippen LogP contribution >= 0.6 is 0 Å². The molecule has 4 heteroatoms. The van der Waals surface area contributed by atoms with E-state index >= 15 is 0 Å². The summed E-state index contributed by atoms with van der Waals surface area (Å²) in [4.78, 5) is 0. The minimum Gasteiger partial charge on any atom is -0.385 e. The van der Waals surface area contributed by atoms with E-state index in [1.54, 1.807) is 7.11 Å². The van der Waals surface area contributed by atoms with Gasteiger partial charge in [-0.15, -0.1) is 0 Å². The Kier molecular flexibility index (Phi) is 6.04. The van der Waals surface area contributed by atoms with Crippen molar-refractivity contribution >= 4 is 0 Å². The van der Waals surface area contributed by atoms with E-state index in [4.69, 9.17) is 4.74 Å². The number of aryl methyl sites for hydroxylation is 1. The van der Waals surface area contributed by atoms with Crippen molar-refractivity contribution in [3.8, 4) is 0 Å². The van der Waals surface area contributed by atoms with E-state index in [-0.39, 0.29) is 0 Å². The van der Waals surface area contributed by atoms with E-state index in [0.717, 1.165) is 44.8 Å². The van der Waals surface area contributed by atoms with Crippen LogP contribution < -0.4 is 5.32 Å². The monoisotopic (exact) mass is 211 g/mol. The third kappa shape index (κ3) is 4.95. The lowest BCUT2D eigenvalue weighted by Crippen LogP contribution is -2.14.